The van der Waals surface area contributed by atoms with Crippen molar-refractivity contribution < 1.29 is 152 Å². The van der Waals surface area contributed by atoms with Crippen molar-refractivity contribution in [2.45, 2.75) is 242 Å². The molecular formula is C92H128O32Si6. The number of carbonyl (C=O) groups is 12. The van der Waals surface area contributed by atoms with Crippen molar-refractivity contribution in [3.63, 3.8) is 0 Å². The van der Waals surface area contributed by atoms with Crippen LogP contribution < -0.4 is 0 Å². The highest BCUT2D eigenvalue weighted by molar-refractivity contribution is 6.88. The summed E-state index contributed by atoms with van der Waals surface area (Å²) in [5.41, 5.74) is -4.35. The van der Waals surface area contributed by atoms with Crippen LogP contribution in [-0.2, 0) is 161 Å². The maximum absolute atomic E-state index is 14.4. The molecule has 130 heavy (non-hydrogen) atoms. The van der Waals surface area contributed by atoms with E-state index in [0.29, 0.717) is 54.6 Å². The quantitative estimate of drug-likeness (QED) is 0.00894. The lowest BCUT2D eigenvalue weighted by atomic mass is 9.92. The van der Waals surface area contributed by atoms with Gasteiger partial charge in [0.25, 0.3) is 0 Å². The van der Waals surface area contributed by atoms with Crippen molar-refractivity contribution in [2.24, 2.45) is 0 Å². The Kier molecular flexibility index (Phi) is 45.7. The number of carbonyl (C=O) groups excluding carboxylic acids is 7. The van der Waals surface area contributed by atoms with Crippen molar-refractivity contribution in [1.29, 1.82) is 0 Å². The Morgan fingerprint density at radius 3 is 0.746 bits per heavy atom. The fraction of sp³-hybridized carbons (Fsp3) is 0.478. The summed E-state index contributed by atoms with van der Waals surface area (Å²) in [6, 6.07) is 56.9. The summed E-state index contributed by atoms with van der Waals surface area (Å²) in [5, 5.41) is 55.5. The number of rotatable bonds is 63. The SMILES string of the molecule is C[Si](C)(CCCOC(CC(=O)COCc1ccccc1)(CC(=O)OCc1ccccc1)C(=O)OCc1ccccc1)O[Si](C)(C)O[Si](C)(C)CCCOC(CC(=O)OCc1ccccc1)(CC(=O)OCc1ccccc1)C(=O)OCc1ccccc1.C[Si](C)(CCCOC(CC(=O)O)(CC(=O)O)C(=O)O)O[Si](C)(C)O[Si](C)(C)CCCOC(CC(=O)O)(CC(=O)CO)C(=O)O. The second kappa shape index (κ2) is 53.7. The Labute approximate surface area is 766 Å². The second-order valence-corrected chi connectivity index (χ2v) is 60.0. The van der Waals surface area contributed by atoms with Gasteiger partial charge in [-0.2, -0.15) is 0 Å². The molecule has 0 heterocycles. The molecule has 0 aliphatic heterocycles. The van der Waals surface area contributed by atoms with Crippen molar-refractivity contribution in [1.82, 2.24) is 0 Å². The average Bonchev–Trinajstić information content (AvgIpc) is 0.811. The van der Waals surface area contributed by atoms with E-state index in [2.05, 4.69) is 26.2 Å². The number of carboxylic acid groups (broad SMARTS) is 5. The first kappa shape index (κ1) is 111. The third kappa shape index (κ3) is 42.7. The average molecular weight is 1910 g/mol. The lowest BCUT2D eigenvalue weighted by Crippen LogP contribution is -2.52. The van der Waals surface area contributed by atoms with Crippen molar-refractivity contribution in [3.8, 4) is 0 Å². The summed E-state index contributed by atoms with van der Waals surface area (Å²) in [6.45, 7) is 21.8. The Morgan fingerprint density at radius 1 is 0.277 bits per heavy atom. The number of hydrogen-bond acceptors (Lipinski definition) is 27. The summed E-state index contributed by atoms with van der Waals surface area (Å²) in [6.07, 6.45) is -4.71. The van der Waals surface area contributed by atoms with Crippen molar-refractivity contribution in [3.05, 3.63) is 215 Å². The van der Waals surface area contributed by atoms with E-state index >= 15 is 0 Å². The van der Waals surface area contributed by atoms with Crippen LogP contribution in [0, 0.1) is 0 Å². The molecule has 6 rings (SSSR count). The molecule has 0 aliphatic carbocycles. The molecule has 0 saturated heterocycles. The van der Waals surface area contributed by atoms with E-state index in [1.165, 1.54) is 0 Å². The minimum absolute atomic E-state index is 0.0236. The molecule has 2 unspecified atom stereocenters. The maximum atomic E-state index is 14.4. The first-order valence-electron chi connectivity index (χ1n) is 42.9. The van der Waals surface area contributed by atoms with Crippen molar-refractivity contribution >= 4 is 122 Å². The lowest BCUT2D eigenvalue weighted by molar-refractivity contribution is -0.187. The number of Topliss-reactive ketones (excluding diaryl/α,β-unsaturated/α-hetero) is 2. The molecule has 6 aromatic rings. The summed E-state index contributed by atoms with van der Waals surface area (Å²) >= 11 is 0. The Balaban J connectivity index is 0.000000574. The number of aliphatic carboxylic acids is 5. The smallest absolute Gasteiger partial charge is 0.339 e. The molecule has 38 heteroatoms. The molecule has 6 N–H and O–H groups in total. The molecule has 6 aromatic carbocycles. The van der Waals surface area contributed by atoms with Crippen LogP contribution in [0.5, 0.6) is 0 Å². The molecule has 0 radical (unpaired) electrons. The summed E-state index contributed by atoms with van der Waals surface area (Å²) in [4.78, 5) is 153. The number of ether oxygens (including phenoxy) is 10. The van der Waals surface area contributed by atoms with E-state index in [9.17, 15) is 67.7 Å². The molecule has 2 atom stereocenters. The van der Waals surface area contributed by atoms with E-state index in [4.69, 9.17) is 84.3 Å². The van der Waals surface area contributed by atoms with E-state index in [1.54, 1.807) is 24.3 Å². The van der Waals surface area contributed by atoms with Crippen LogP contribution in [-0.4, -0.2) is 214 Å². The topological polar surface area (TPSA) is 455 Å². The monoisotopic (exact) mass is 1910 g/mol. The Bertz CT molecular complexity index is 4490. The normalized spacial score (nSPS) is 13.1. The van der Waals surface area contributed by atoms with Gasteiger partial charge in [0.15, 0.2) is 67.2 Å². The predicted octanol–water partition coefficient (Wildman–Crippen LogP) is 14.5. The van der Waals surface area contributed by atoms with Crippen LogP contribution in [0.3, 0.4) is 0 Å². The Hall–Kier alpha value is -9.74. The van der Waals surface area contributed by atoms with Gasteiger partial charge in [-0.25, -0.2) is 19.2 Å². The van der Waals surface area contributed by atoms with Gasteiger partial charge < -0.3 is 94.5 Å². The predicted molar refractivity (Wildman–Crippen MR) is 491 cm³/mol. The van der Waals surface area contributed by atoms with E-state index in [1.807, 2.05) is 210 Å². The minimum Gasteiger partial charge on any atom is -0.481 e. The molecule has 0 spiro atoms. The fourth-order valence-electron chi connectivity index (χ4n) is 14.6. The van der Waals surface area contributed by atoms with Gasteiger partial charge in [0, 0.05) is 39.3 Å². The zero-order valence-electron chi connectivity index (χ0n) is 76.4. The summed E-state index contributed by atoms with van der Waals surface area (Å²) < 4.78 is 85.0. The molecule has 32 nitrogen and oxygen atoms in total. The summed E-state index contributed by atoms with van der Waals surface area (Å²) in [7, 11) is -15.6. The molecule has 712 valence electrons. The fourth-order valence-corrected chi connectivity index (χ4v) is 42.6. The minimum atomic E-state index is -2.87. The van der Waals surface area contributed by atoms with Crippen molar-refractivity contribution in [2.75, 3.05) is 39.6 Å². The first-order chi connectivity index (χ1) is 61.1. The zero-order chi connectivity index (χ0) is 96.3. The number of benzene rings is 6. The highest BCUT2D eigenvalue weighted by Gasteiger charge is 2.51. The molecular weight excluding hydrogens is 1790 g/mol. The molecule has 0 bridgehead atoms. The van der Waals surface area contributed by atoms with Gasteiger partial charge in [-0.3, -0.25) is 38.4 Å². The first-order valence-corrected chi connectivity index (χ1v) is 61.0. The highest BCUT2D eigenvalue weighted by Crippen LogP contribution is 2.35. The largest absolute Gasteiger partial charge is 0.481 e. The number of esters is 5. The number of aliphatic hydroxyl groups is 1. The van der Waals surface area contributed by atoms with Gasteiger partial charge in [0.1, 0.15) is 46.2 Å². The highest BCUT2D eigenvalue weighted by atomic mass is 28.5. The van der Waals surface area contributed by atoms with Crippen LogP contribution in [0.2, 0.25) is 103 Å². The number of aliphatic hydroxyl groups excluding tert-OH is 1. The zero-order valence-corrected chi connectivity index (χ0v) is 82.4. The van der Waals surface area contributed by atoms with E-state index in [-0.39, 0.29) is 79.1 Å². The third-order valence-corrected chi connectivity index (χ3v) is 43.0. The van der Waals surface area contributed by atoms with Gasteiger partial charge in [0.2, 0.25) is 0 Å². The van der Waals surface area contributed by atoms with Crippen LogP contribution >= 0.6 is 0 Å². The van der Waals surface area contributed by atoms with Crippen LogP contribution in [0.4, 0.5) is 0 Å². The molecule has 0 aromatic heterocycles. The van der Waals surface area contributed by atoms with Gasteiger partial charge >= 0.3 is 76.8 Å². The molecule has 0 saturated carbocycles. The standard InChI is InChI=1S/C67H82O16Si3.C25H46O16Si3/c1-84(2,41-25-39-80-66(64(72)78-51-58-35-21-11-22-36-58,44-61(69)75-48-55-29-15-8-16-30-55)43-60(68)53-74-47-54-27-13-7-14-28-54)82-86(5,6)83-85(3,4)42-26-40-81-67(65(73)79-52-59-37-23-12-24-38-59,45-62(70)76-49-56-31-17-9-18-32-56)46-63(71)77-50-57-33-19-10-20-34-57;1-42(2,11-7-9-38-24(22(34)35,14-19(28)29)13-18(27)17-26)40-44(5,6)41-43(3,4)12-8-10-39-25(23(36)37,15-20(30)31)16-21(32)33/h7-24,27-38H,25-26,39-53H2,1-6H3;26H,7-17H2,1-6H3,(H,28,29)(H,30,31)(H,32,33)(H,34,35)(H,36,37). The van der Waals surface area contributed by atoms with Gasteiger partial charge in [0.05, 0.1) is 45.1 Å². The lowest BCUT2D eigenvalue weighted by Gasteiger charge is -2.39. The van der Waals surface area contributed by atoms with Crippen LogP contribution in [0.1, 0.15) is 110 Å². The second-order valence-electron chi connectivity index (χ2n) is 35.0. The van der Waals surface area contributed by atoms with Gasteiger partial charge in [-0.15, -0.1) is 0 Å². The summed E-state index contributed by atoms with van der Waals surface area (Å²) in [5.74, 6) is -13.2. The Morgan fingerprint density at radius 2 is 0.500 bits per heavy atom. The van der Waals surface area contributed by atoms with E-state index in [0.717, 1.165) is 22.3 Å². The van der Waals surface area contributed by atoms with Gasteiger partial charge in [-0.05, 0) is 162 Å². The number of carboxylic acids is 5. The maximum Gasteiger partial charge on any atom is 0.339 e. The van der Waals surface area contributed by atoms with Crippen LogP contribution in [0.25, 0.3) is 0 Å². The van der Waals surface area contributed by atoms with E-state index < -0.39 is 202 Å². The van der Waals surface area contributed by atoms with Crippen LogP contribution in [0.15, 0.2) is 182 Å². The molecule has 0 amide bonds. The number of hydrogen-bond donors (Lipinski definition) is 6. The molecule has 0 fully saturated rings. The molecule has 0 aliphatic rings. The third-order valence-electron chi connectivity index (χ3n) is 20.1. The van der Waals surface area contributed by atoms with Gasteiger partial charge in [-0.1, -0.05) is 182 Å². The number of ketones is 2.